The van der Waals surface area contributed by atoms with Crippen LogP contribution in [-0.4, -0.2) is 23.2 Å². The van der Waals surface area contributed by atoms with Crippen LogP contribution in [0.15, 0.2) is 53.0 Å². The predicted molar refractivity (Wildman–Crippen MR) is 85.4 cm³/mol. The topological polar surface area (TPSA) is 76.9 Å². The van der Waals surface area contributed by atoms with E-state index in [4.69, 9.17) is 0 Å². The first-order valence-corrected chi connectivity index (χ1v) is 8.91. The van der Waals surface area contributed by atoms with Gasteiger partial charge in [0.1, 0.15) is 4.90 Å². The summed E-state index contributed by atoms with van der Waals surface area (Å²) in [5.74, 6) is 0. The fourth-order valence-electron chi connectivity index (χ4n) is 2.06. The lowest BCUT2D eigenvalue weighted by atomic mass is 10.2. The number of aromatic nitrogens is 3. The van der Waals surface area contributed by atoms with Crippen molar-refractivity contribution in [2.75, 3.05) is 4.72 Å². The third kappa shape index (κ3) is 3.18. The second-order valence-electron chi connectivity index (χ2n) is 4.70. The third-order valence-corrected chi connectivity index (χ3v) is 5.29. The first kappa shape index (κ1) is 14.7. The molecule has 0 aliphatic carbocycles. The van der Waals surface area contributed by atoms with Crippen LogP contribution in [0.25, 0.3) is 0 Å². The number of anilines is 1. The molecular weight excluding hydrogens is 320 g/mol. The van der Waals surface area contributed by atoms with Crippen LogP contribution in [0.5, 0.6) is 0 Å². The van der Waals surface area contributed by atoms with Crippen LogP contribution in [0.3, 0.4) is 0 Å². The average molecular weight is 334 g/mol. The number of rotatable bonds is 5. The molecule has 0 saturated heterocycles. The lowest BCUT2D eigenvalue weighted by Gasteiger charge is -2.03. The van der Waals surface area contributed by atoms with E-state index in [1.165, 1.54) is 17.5 Å². The molecular formula is C14H14N4O2S2. The summed E-state index contributed by atoms with van der Waals surface area (Å²) in [6.07, 6.45) is 3.09. The van der Waals surface area contributed by atoms with E-state index in [9.17, 15) is 8.42 Å². The van der Waals surface area contributed by atoms with Crippen molar-refractivity contribution in [2.45, 2.75) is 18.4 Å². The Morgan fingerprint density at radius 1 is 1.27 bits per heavy atom. The molecule has 3 aromatic rings. The fraction of sp³-hybridized carbons (Fsp3) is 0.143. The summed E-state index contributed by atoms with van der Waals surface area (Å²) >= 11 is 1.23. The van der Waals surface area contributed by atoms with E-state index in [0.717, 1.165) is 5.56 Å². The predicted octanol–water partition coefficient (Wildman–Crippen LogP) is 2.50. The highest BCUT2D eigenvalue weighted by Gasteiger charge is 2.21. The number of nitrogens with one attached hydrogen (secondary N) is 1. The lowest BCUT2D eigenvalue weighted by molar-refractivity contribution is 0.600. The molecule has 114 valence electrons. The molecule has 0 aliphatic heterocycles. The lowest BCUT2D eigenvalue weighted by Crippen LogP contribution is -2.13. The molecule has 2 aromatic heterocycles. The first-order chi connectivity index (χ1) is 10.5. The van der Waals surface area contributed by atoms with E-state index >= 15 is 0 Å². The average Bonchev–Trinajstić information content (AvgIpc) is 3.09. The Bertz CT molecular complexity index is 856. The van der Waals surface area contributed by atoms with E-state index < -0.39 is 10.0 Å². The van der Waals surface area contributed by atoms with Crippen LogP contribution in [0.4, 0.5) is 5.13 Å². The molecule has 0 atom stereocenters. The monoisotopic (exact) mass is 334 g/mol. The van der Waals surface area contributed by atoms with E-state index in [1.54, 1.807) is 23.2 Å². The van der Waals surface area contributed by atoms with Crippen LogP contribution in [0.1, 0.15) is 11.3 Å². The quantitative estimate of drug-likeness (QED) is 0.778. The third-order valence-electron chi connectivity index (χ3n) is 3.03. The molecule has 22 heavy (non-hydrogen) atoms. The fourth-order valence-corrected chi connectivity index (χ4v) is 4.04. The minimum absolute atomic E-state index is 0.165. The summed E-state index contributed by atoms with van der Waals surface area (Å²) in [6.45, 7) is 2.20. The van der Waals surface area contributed by atoms with Gasteiger partial charge in [0.15, 0.2) is 5.13 Å². The number of benzene rings is 1. The van der Waals surface area contributed by atoms with Crippen LogP contribution >= 0.6 is 11.3 Å². The normalized spacial score (nSPS) is 11.5. The van der Waals surface area contributed by atoms with Gasteiger partial charge in [0.25, 0.3) is 10.0 Å². The number of nitrogens with zero attached hydrogens (tertiary/aromatic N) is 3. The van der Waals surface area contributed by atoms with Gasteiger partial charge in [0, 0.05) is 17.8 Å². The van der Waals surface area contributed by atoms with Crippen LogP contribution < -0.4 is 4.72 Å². The van der Waals surface area contributed by atoms with E-state index in [0.29, 0.717) is 17.4 Å². The minimum atomic E-state index is -3.67. The summed E-state index contributed by atoms with van der Waals surface area (Å²) in [4.78, 5) is 4.10. The molecule has 0 unspecified atom stereocenters. The summed E-state index contributed by atoms with van der Waals surface area (Å²) in [7, 11) is -3.67. The maximum absolute atomic E-state index is 12.4. The Morgan fingerprint density at radius 3 is 2.73 bits per heavy atom. The molecule has 0 radical (unpaired) electrons. The molecule has 0 aliphatic rings. The van der Waals surface area contributed by atoms with Gasteiger partial charge in [-0.3, -0.25) is 9.40 Å². The minimum Gasteiger partial charge on any atom is -0.267 e. The number of sulfonamides is 1. The van der Waals surface area contributed by atoms with Crippen molar-refractivity contribution in [1.29, 1.82) is 0 Å². The van der Waals surface area contributed by atoms with Gasteiger partial charge >= 0.3 is 0 Å². The van der Waals surface area contributed by atoms with Crippen molar-refractivity contribution in [1.82, 2.24) is 14.8 Å². The summed E-state index contributed by atoms with van der Waals surface area (Å²) < 4.78 is 28.9. The van der Waals surface area contributed by atoms with Crippen molar-refractivity contribution in [3.8, 4) is 0 Å². The Labute approximate surface area is 132 Å². The molecule has 0 saturated carbocycles. The highest BCUT2D eigenvalue weighted by molar-refractivity contribution is 7.93. The molecule has 0 bridgehead atoms. The smallest absolute Gasteiger partial charge is 0.267 e. The number of aryl methyl sites for hydroxylation is 1. The van der Waals surface area contributed by atoms with E-state index in [-0.39, 0.29) is 4.90 Å². The number of hydrogen-bond donors (Lipinski definition) is 1. The molecule has 0 amide bonds. The molecule has 0 fully saturated rings. The van der Waals surface area contributed by atoms with Gasteiger partial charge in [-0.15, -0.1) is 11.3 Å². The SMILES string of the molecule is Cc1nn(Cc2ccccc2)cc1S(=O)(=O)Nc1nccs1. The van der Waals surface area contributed by atoms with Gasteiger partial charge in [-0.05, 0) is 12.5 Å². The Kier molecular flexibility index (Phi) is 3.95. The maximum atomic E-state index is 12.4. The zero-order valence-electron chi connectivity index (χ0n) is 11.8. The van der Waals surface area contributed by atoms with Crippen molar-refractivity contribution in [3.05, 3.63) is 59.4 Å². The van der Waals surface area contributed by atoms with Gasteiger partial charge in [0.05, 0.1) is 12.2 Å². The van der Waals surface area contributed by atoms with Crippen molar-refractivity contribution >= 4 is 26.5 Å². The van der Waals surface area contributed by atoms with Gasteiger partial charge in [-0.2, -0.15) is 5.10 Å². The largest absolute Gasteiger partial charge is 0.267 e. The van der Waals surface area contributed by atoms with Gasteiger partial charge < -0.3 is 0 Å². The zero-order valence-corrected chi connectivity index (χ0v) is 13.4. The van der Waals surface area contributed by atoms with Crippen LogP contribution in [-0.2, 0) is 16.6 Å². The second kappa shape index (κ2) is 5.90. The highest BCUT2D eigenvalue weighted by atomic mass is 32.2. The Hall–Kier alpha value is -2.19. The molecule has 0 spiro atoms. The first-order valence-electron chi connectivity index (χ1n) is 6.55. The van der Waals surface area contributed by atoms with Crippen molar-refractivity contribution < 1.29 is 8.42 Å². The zero-order chi connectivity index (χ0) is 15.6. The molecule has 1 N–H and O–H groups in total. The van der Waals surface area contributed by atoms with Crippen molar-refractivity contribution in [2.24, 2.45) is 0 Å². The highest BCUT2D eigenvalue weighted by Crippen LogP contribution is 2.20. The van der Waals surface area contributed by atoms with Crippen LogP contribution in [0, 0.1) is 6.92 Å². The summed E-state index contributed by atoms with van der Waals surface area (Å²) in [6, 6.07) is 9.75. The molecule has 6 nitrogen and oxygen atoms in total. The maximum Gasteiger partial charge on any atom is 0.267 e. The van der Waals surface area contributed by atoms with Gasteiger partial charge in [0.2, 0.25) is 0 Å². The van der Waals surface area contributed by atoms with Gasteiger partial charge in [-0.25, -0.2) is 13.4 Å². The Morgan fingerprint density at radius 2 is 2.05 bits per heavy atom. The summed E-state index contributed by atoms with van der Waals surface area (Å²) in [5.41, 5.74) is 1.52. The molecule has 1 aromatic carbocycles. The summed E-state index contributed by atoms with van der Waals surface area (Å²) in [5, 5.41) is 6.34. The van der Waals surface area contributed by atoms with Crippen molar-refractivity contribution in [3.63, 3.8) is 0 Å². The molecule has 8 heteroatoms. The Balaban J connectivity index is 1.86. The van der Waals surface area contributed by atoms with E-state index in [1.807, 2.05) is 30.3 Å². The van der Waals surface area contributed by atoms with Gasteiger partial charge in [-0.1, -0.05) is 30.3 Å². The molecule has 3 rings (SSSR count). The number of hydrogen-bond acceptors (Lipinski definition) is 5. The second-order valence-corrected chi connectivity index (χ2v) is 7.25. The number of thiazole rings is 1. The van der Waals surface area contributed by atoms with E-state index in [2.05, 4.69) is 14.8 Å². The van der Waals surface area contributed by atoms with Crippen LogP contribution in [0.2, 0.25) is 0 Å². The molecule has 2 heterocycles. The standard InChI is InChI=1S/C14H14N4O2S2/c1-11-13(22(19,20)17-14-15-7-8-21-14)10-18(16-11)9-12-5-3-2-4-6-12/h2-8,10H,9H2,1H3,(H,15,17).